The lowest BCUT2D eigenvalue weighted by atomic mass is 10.2. The Balaban J connectivity index is 2.11. The van der Waals surface area contributed by atoms with Crippen LogP contribution in [0.2, 0.25) is 0 Å². The molecule has 0 radical (unpaired) electrons. The average molecular weight is 356 g/mol. The van der Waals surface area contributed by atoms with Gasteiger partial charge in [-0.1, -0.05) is 32.1 Å². The molecule has 1 heterocycles. The number of imidazole rings is 1. The van der Waals surface area contributed by atoms with Crippen LogP contribution >= 0.6 is 0 Å². The molecule has 0 spiro atoms. The number of rotatable bonds is 10. The number of aromatic nitrogens is 2. The van der Waals surface area contributed by atoms with Gasteiger partial charge in [0, 0.05) is 26.6 Å². The van der Waals surface area contributed by atoms with Crippen LogP contribution in [0.5, 0.6) is 0 Å². The average Bonchev–Trinajstić information content (AvgIpc) is 3.00. The van der Waals surface area contributed by atoms with Crippen molar-refractivity contribution in [3.05, 3.63) is 42.7 Å². The largest absolute Gasteiger partial charge is 0.353 e. The molecule has 1 aromatic heterocycles. The van der Waals surface area contributed by atoms with Crippen LogP contribution < -0.4 is 5.32 Å². The fraction of sp³-hybridized carbons (Fsp3) is 0.450. The predicted octanol–water partition coefficient (Wildman–Crippen LogP) is 2.53. The van der Waals surface area contributed by atoms with Gasteiger partial charge in [-0.2, -0.15) is 0 Å². The highest BCUT2D eigenvalue weighted by atomic mass is 16.2. The molecular formula is C20H28N4O2. The minimum absolute atomic E-state index is 0.0859. The number of carbonyl (C=O) groups is 2. The second-order valence-corrected chi connectivity index (χ2v) is 6.37. The Morgan fingerprint density at radius 2 is 2.08 bits per heavy atom. The summed E-state index contributed by atoms with van der Waals surface area (Å²) in [6, 6.07) is 7.85. The Kier molecular flexibility index (Phi) is 7.38. The first-order valence-corrected chi connectivity index (χ1v) is 9.15. The molecule has 0 saturated carbocycles. The second kappa shape index (κ2) is 9.75. The normalized spacial score (nSPS) is 10.7. The number of likely N-dealkylation sites (N-methyl/N-ethyl adjacent to an activating group) is 1. The van der Waals surface area contributed by atoms with Crippen LogP contribution in [-0.2, 0) is 22.6 Å². The van der Waals surface area contributed by atoms with Gasteiger partial charge in [-0.05, 0) is 31.1 Å². The summed E-state index contributed by atoms with van der Waals surface area (Å²) in [6.45, 7) is 7.17. The van der Waals surface area contributed by atoms with Gasteiger partial charge >= 0.3 is 0 Å². The zero-order valence-electron chi connectivity index (χ0n) is 15.7. The lowest BCUT2D eigenvalue weighted by Crippen LogP contribution is -2.31. The van der Waals surface area contributed by atoms with Crippen molar-refractivity contribution in [3.63, 3.8) is 0 Å². The number of nitrogens with one attached hydrogen (secondary N) is 1. The van der Waals surface area contributed by atoms with E-state index in [0.717, 1.165) is 42.7 Å². The fourth-order valence-electron chi connectivity index (χ4n) is 2.80. The smallest absolute Gasteiger partial charge is 0.243 e. The van der Waals surface area contributed by atoms with Gasteiger partial charge in [0.15, 0.2) is 0 Å². The van der Waals surface area contributed by atoms with E-state index < -0.39 is 0 Å². The Bertz CT molecular complexity index is 766. The molecule has 0 atom stereocenters. The molecule has 1 aromatic carbocycles. The summed E-state index contributed by atoms with van der Waals surface area (Å²) in [5.74, 6) is 0.783. The van der Waals surface area contributed by atoms with Crippen LogP contribution in [0.1, 0.15) is 32.0 Å². The number of amides is 2. The van der Waals surface area contributed by atoms with E-state index in [1.807, 2.05) is 35.9 Å². The van der Waals surface area contributed by atoms with E-state index in [1.54, 1.807) is 4.90 Å². The van der Waals surface area contributed by atoms with E-state index in [2.05, 4.69) is 23.8 Å². The Labute approximate surface area is 154 Å². The van der Waals surface area contributed by atoms with Crippen molar-refractivity contribution in [1.29, 1.82) is 0 Å². The maximum Gasteiger partial charge on any atom is 0.243 e. The highest BCUT2D eigenvalue weighted by molar-refractivity contribution is 5.86. The van der Waals surface area contributed by atoms with Gasteiger partial charge in [-0.25, -0.2) is 4.98 Å². The Morgan fingerprint density at radius 3 is 2.81 bits per heavy atom. The molecule has 0 aliphatic carbocycles. The quantitative estimate of drug-likeness (QED) is 0.525. The third kappa shape index (κ3) is 5.18. The number of fused-ring (bicyclic) bond motifs is 1. The van der Waals surface area contributed by atoms with Gasteiger partial charge < -0.3 is 14.8 Å². The lowest BCUT2D eigenvalue weighted by Gasteiger charge is -2.18. The van der Waals surface area contributed by atoms with E-state index in [0.29, 0.717) is 13.0 Å². The molecule has 26 heavy (non-hydrogen) atoms. The standard InChI is InChI=1S/C20H28N4O2/c1-4-6-14-23(3)20(26)15-24-17-11-8-7-10-16(17)22-18(24)12-9-13-21-19(25)5-2/h5,7-8,10-11H,2,4,6,9,12-15H2,1,3H3,(H,21,25). The van der Waals surface area contributed by atoms with E-state index in [-0.39, 0.29) is 18.4 Å². The zero-order valence-corrected chi connectivity index (χ0v) is 15.7. The summed E-state index contributed by atoms with van der Waals surface area (Å²) < 4.78 is 2.00. The SMILES string of the molecule is C=CC(=O)NCCCc1nc2ccccc2n1CC(=O)N(C)CCCC. The minimum atomic E-state index is -0.175. The lowest BCUT2D eigenvalue weighted by molar-refractivity contribution is -0.130. The number of para-hydroxylation sites is 2. The predicted molar refractivity (Wildman–Crippen MR) is 104 cm³/mol. The van der Waals surface area contributed by atoms with Crippen molar-refractivity contribution in [2.24, 2.45) is 0 Å². The van der Waals surface area contributed by atoms with Crippen molar-refractivity contribution < 1.29 is 9.59 Å². The highest BCUT2D eigenvalue weighted by Crippen LogP contribution is 2.17. The number of hydrogen-bond donors (Lipinski definition) is 1. The molecule has 0 aliphatic rings. The first-order chi connectivity index (χ1) is 12.6. The van der Waals surface area contributed by atoms with Crippen molar-refractivity contribution in [2.45, 2.75) is 39.2 Å². The van der Waals surface area contributed by atoms with Crippen LogP contribution in [0.3, 0.4) is 0 Å². The zero-order chi connectivity index (χ0) is 18.9. The number of hydrogen-bond acceptors (Lipinski definition) is 3. The van der Waals surface area contributed by atoms with Crippen LogP contribution in [0.4, 0.5) is 0 Å². The van der Waals surface area contributed by atoms with Gasteiger partial charge in [0.05, 0.1) is 11.0 Å². The van der Waals surface area contributed by atoms with Crippen molar-refractivity contribution in [2.75, 3.05) is 20.1 Å². The number of aryl methyl sites for hydroxylation is 1. The molecule has 2 aromatic rings. The van der Waals surface area contributed by atoms with E-state index in [1.165, 1.54) is 6.08 Å². The number of benzene rings is 1. The number of unbranched alkanes of at least 4 members (excludes halogenated alkanes) is 1. The molecule has 0 unspecified atom stereocenters. The number of nitrogens with zero attached hydrogens (tertiary/aromatic N) is 3. The third-order valence-corrected chi connectivity index (χ3v) is 4.36. The summed E-state index contributed by atoms with van der Waals surface area (Å²) in [6.07, 6.45) is 4.77. The molecular weight excluding hydrogens is 328 g/mol. The van der Waals surface area contributed by atoms with E-state index in [9.17, 15) is 9.59 Å². The molecule has 0 bridgehead atoms. The summed E-state index contributed by atoms with van der Waals surface area (Å²) >= 11 is 0. The van der Waals surface area contributed by atoms with Crippen molar-refractivity contribution >= 4 is 22.8 Å². The Hall–Kier alpha value is -2.63. The third-order valence-electron chi connectivity index (χ3n) is 4.36. The summed E-state index contributed by atoms with van der Waals surface area (Å²) in [5, 5.41) is 2.77. The van der Waals surface area contributed by atoms with Gasteiger partial charge in [0.2, 0.25) is 11.8 Å². The Morgan fingerprint density at radius 1 is 1.31 bits per heavy atom. The summed E-state index contributed by atoms with van der Waals surface area (Å²) in [4.78, 5) is 30.3. The summed E-state index contributed by atoms with van der Waals surface area (Å²) in [7, 11) is 1.85. The molecule has 0 saturated heterocycles. The first-order valence-electron chi connectivity index (χ1n) is 9.15. The van der Waals surface area contributed by atoms with Gasteiger partial charge in [0.1, 0.15) is 12.4 Å². The fourth-order valence-corrected chi connectivity index (χ4v) is 2.80. The molecule has 140 valence electrons. The first kappa shape index (κ1) is 19.7. The molecule has 0 fully saturated rings. The maximum absolute atomic E-state index is 12.6. The van der Waals surface area contributed by atoms with E-state index in [4.69, 9.17) is 0 Å². The maximum atomic E-state index is 12.6. The molecule has 1 N–H and O–H groups in total. The van der Waals surface area contributed by atoms with Gasteiger partial charge in [0.25, 0.3) is 0 Å². The molecule has 2 amide bonds. The topological polar surface area (TPSA) is 67.2 Å². The van der Waals surface area contributed by atoms with Gasteiger partial charge in [-0.3, -0.25) is 9.59 Å². The number of carbonyl (C=O) groups excluding carboxylic acids is 2. The second-order valence-electron chi connectivity index (χ2n) is 6.37. The van der Waals surface area contributed by atoms with Crippen LogP contribution in [-0.4, -0.2) is 46.4 Å². The van der Waals surface area contributed by atoms with Crippen molar-refractivity contribution in [1.82, 2.24) is 19.8 Å². The van der Waals surface area contributed by atoms with Crippen molar-refractivity contribution in [3.8, 4) is 0 Å². The van der Waals surface area contributed by atoms with E-state index >= 15 is 0 Å². The minimum Gasteiger partial charge on any atom is -0.353 e. The summed E-state index contributed by atoms with van der Waals surface area (Å²) in [5.41, 5.74) is 1.86. The van der Waals surface area contributed by atoms with Crippen LogP contribution in [0, 0.1) is 0 Å². The molecule has 0 aliphatic heterocycles. The van der Waals surface area contributed by atoms with Gasteiger partial charge in [-0.15, -0.1) is 0 Å². The van der Waals surface area contributed by atoms with Crippen LogP contribution in [0.15, 0.2) is 36.9 Å². The molecule has 6 heteroatoms. The monoisotopic (exact) mass is 356 g/mol. The highest BCUT2D eigenvalue weighted by Gasteiger charge is 2.15. The molecule has 2 rings (SSSR count). The van der Waals surface area contributed by atoms with Crippen LogP contribution in [0.25, 0.3) is 11.0 Å². The molecule has 6 nitrogen and oxygen atoms in total.